The van der Waals surface area contributed by atoms with Crippen LogP contribution in [0.25, 0.3) is 0 Å². The van der Waals surface area contributed by atoms with E-state index in [1.807, 2.05) is 0 Å². The van der Waals surface area contributed by atoms with Gasteiger partial charge in [0, 0.05) is 17.8 Å². The Morgan fingerprint density at radius 3 is 2.47 bits per heavy atom. The van der Waals surface area contributed by atoms with Gasteiger partial charge >= 0.3 is 0 Å². The van der Waals surface area contributed by atoms with Crippen molar-refractivity contribution in [1.29, 1.82) is 0 Å². The minimum absolute atomic E-state index is 0.0257. The number of hydrogen-bond donors (Lipinski definition) is 1. The number of para-hydroxylation sites is 2. The van der Waals surface area contributed by atoms with Crippen LogP contribution in [0, 0.1) is 10.1 Å². The van der Waals surface area contributed by atoms with Gasteiger partial charge in [0.05, 0.1) is 11.0 Å². The van der Waals surface area contributed by atoms with Crippen molar-refractivity contribution >= 4 is 34.6 Å². The summed E-state index contributed by atoms with van der Waals surface area (Å²) in [6.45, 7) is 0. The summed E-state index contributed by atoms with van der Waals surface area (Å²) in [5.41, 5.74) is 0.464. The van der Waals surface area contributed by atoms with Crippen molar-refractivity contribution in [2.45, 2.75) is 6.04 Å². The number of rotatable bonds is 5. The van der Waals surface area contributed by atoms with Gasteiger partial charge in [0.25, 0.3) is 5.69 Å². The van der Waals surface area contributed by atoms with Gasteiger partial charge in [-0.25, -0.2) is 0 Å². The molecule has 0 radical (unpaired) electrons. The zero-order valence-corrected chi connectivity index (χ0v) is 9.33. The highest BCUT2D eigenvalue weighted by molar-refractivity contribution is 6.21. The number of nitro groups is 1. The van der Waals surface area contributed by atoms with E-state index in [-0.39, 0.29) is 11.7 Å². The SMILES string of the molecule is O=[N+]([O-])c1ccccc1NC(CCl)CCl. The van der Waals surface area contributed by atoms with E-state index in [9.17, 15) is 10.1 Å². The van der Waals surface area contributed by atoms with E-state index in [2.05, 4.69) is 5.32 Å². The lowest BCUT2D eigenvalue weighted by atomic mass is 10.2. The summed E-state index contributed by atoms with van der Waals surface area (Å²) in [5.74, 6) is 0.602. The Labute approximate surface area is 97.3 Å². The van der Waals surface area contributed by atoms with Crippen molar-refractivity contribution < 1.29 is 4.92 Å². The smallest absolute Gasteiger partial charge is 0.292 e. The van der Waals surface area contributed by atoms with E-state index < -0.39 is 4.92 Å². The number of anilines is 1. The molecule has 6 heteroatoms. The molecule has 0 aliphatic carbocycles. The van der Waals surface area contributed by atoms with Gasteiger partial charge in [0.15, 0.2) is 0 Å². The molecule has 0 spiro atoms. The molecule has 0 fully saturated rings. The van der Waals surface area contributed by atoms with Gasteiger partial charge in [-0.05, 0) is 6.07 Å². The predicted octanol–water partition coefficient (Wildman–Crippen LogP) is 2.85. The van der Waals surface area contributed by atoms with Crippen LogP contribution in [0.1, 0.15) is 0 Å². The Balaban J connectivity index is 2.88. The first-order chi connectivity index (χ1) is 7.19. The average Bonchev–Trinajstić information content (AvgIpc) is 2.26. The first-order valence-corrected chi connectivity index (χ1v) is 5.37. The number of hydrogen-bond acceptors (Lipinski definition) is 3. The van der Waals surface area contributed by atoms with Crippen LogP contribution in [-0.2, 0) is 0 Å². The Kier molecular flexibility index (Phi) is 4.65. The van der Waals surface area contributed by atoms with Crippen LogP contribution in [0.2, 0.25) is 0 Å². The Hall–Kier alpha value is -1.000. The summed E-state index contributed by atoms with van der Waals surface area (Å²) >= 11 is 11.3. The minimum atomic E-state index is -0.443. The monoisotopic (exact) mass is 248 g/mol. The molecule has 82 valence electrons. The van der Waals surface area contributed by atoms with Crippen LogP contribution in [0.3, 0.4) is 0 Å². The first kappa shape index (κ1) is 12.1. The molecule has 4 nitrogen and oxygen atoms in total. The lowest BCUT2D eigenvalue weighted by Crippen LogP contribution is -2.23. The molecule has 0 bridgehead atoms. The van der Waals surface area contributed by atoms with Crippen LogP contribution in [-0.4, -0.2) is 22.7 Å². The van der Waals surface area contributed by atoms with Gasteiger partial charge in [-0.15, -0.1) is 23.2 Å². The Morgan fingerprint density at radius 1 is 1.33 bits per heavy atom. The topological polar surface area (TPSA) is 55.2 Å². The van der Waals surface area contributed by atoms with Gasteiger partial charge in [-0.2, -0.15) is 0 Å². The van der Waals surface area contributed by atoms with Crippen molar-refractivity contribution in [2.24, 2.45) is 0 Å². The molecule has 15 heavy (non-hydrogen) atoms. The highest BCUT2D eigenvalue weighted by Crippen LogP contribution is 2.24. The van der Waals surface area contributed by atoms with Gasteiger partial charge in [-0.1, -0.05) is 12.1 Å². The van der Waals surface area contributed by atoms with Gasteiger partial charge in [-0.3, -0.25) is 10.1 Å². The number of nitrogens with zero attached hydrogens (tertiary/aromatic N) is 1. The normalized spacial score (nSPS) is 10.3. The van der Waals surface area contributed by atoms with Crippen molar-refractivity contribution in [3.05, 3.63) is 34.4 Å². The van der Waals surface area contributed by atoms with Gasteiger partial charge in [0.1, 0.15) is 5.69 Å². The third-order valence-corrected chi connectivity index (χ3v) is 2.58. The number of halogens is 2. The standard InChI is InChI=1S/C9H10Cl2N2O2/c10-5-7(6-11)12-8-3-1-2-4-9(8)13(14)15/h1-4,7,12H,5-6H2. The van der Waals surface area contributed by atoms with E-state index >= 15 is 0 Å². The summed E-state index contributed by atoms with van der Waals surface area (Å²) in [5, 5.41) is 13.6. The molecule has 1 rings (SSSR count). The van der Waals surface area contributed by atoms with E-state index in [1.54, 1.807) is 18.2 Å². The van der Waals surface area contributed by atoms with Crippen molar-refractivity contribution in [3.8, 4) is 0 Å². The maximum absolute atomic E-state index is 10.7. The van der Waals surface area contributed by atoms with Crippen LogP contribution in [0.4, 0.5) is 11.4 Å². The van der Waals surface area contributed by atoms with Gasteiger partial charge < -0.3 is 5.32 Å². The fourth-order valence-electron chi connectivity index (χ4n) is 1.09. The van der Waals surface area contributed by atoms with Crippen molar-refractivity contribution in [2.75, 3.05) is 17.1 Å². The van der Waals surface area contributed by atoms with E-state index in [1.165, 1.54) is 6.07 Å². The second kappa shape index (κ2) is 5.78. The maximum Gasteiger partial charge on any atom is 0.292 e. The Bertz CT molecular complexity index is 343. The van der Waals surface area contributed by atoms with Crippen LogP contribution < -0.4 is 5.32 Å². The van der Waals surface area contributed by atoms with E-state index in [4.69, 9.17) is 23.2 Å². The molecule has 0 saturated heterocycles. The summed E-state index contributed by atoms with van der Waals surface area (Å²) in [6, 6.07) is 6.22. The highest BCUT2D eigenvalue weighted by atomic mass is 35.5. The summed E-state index contributed by atoms with van der Waals surface area (Å²) in [6.07, 6.45) is 0. The minimum Gasteiger partial charge on any atom is -0.374 e. The highest BCUT2D eigenvalue weighted by Gasteiger charge is 2.15. The summed E-state index contributed by atoms with van der Waals surface area (Å²) < 4.78 is 0. The lowest BCUT2D eigenvalue weighted by Gasteiger charge is -2.13. The Morgan fingerprint density at radius 2 is 1.93 bits per heavy atom. The average molecular weight is 249 g/mol. The number of alkyl halides is 2. The maximum atomic E-state index is 10.7. The number of benzene rings is 1. The molecule has 0 aromatic heterocycles. The van der Waals surface area contributed by atoms with Gasteiger partial charge in [0.2, 0.25) is 0 Å². The molecule has 0 aliphatic heterocycles. The molecule has 0 heterocycles. The fourth-order valence-corrected chi connectivity index (χ4v) is 1.58. The predicted molar refractivity (Wildman–Crippen MR) is 61.9 cm³/mol. The quantitative estimate of drug-likeness (QED) is 0.496. The van der Waals surface area contributed by atoms with Crippen LogP contribution in [0.5, 0.6) is 0 Å². The molecule has 1 N–H and O–H groups in total. The second-order valence-corrected chi connectivity index (χ2v) is 3.54. The molecule has 0 atom stereocenters. The van der Waals surface area contributed by atoms with Crippen LogP contribution in [0.15, 0.2) is 24.3 Å². The van der Waals surface area contributed by atoms with Crippen molar-refractivity contribution in [1.82, 2.24) is 0 Å². The first-order valence-electron chi connectivity index (χ1n) is 4.31. The molecule has 0 aliphatic rings. The largest absolute Gasteiger partial charge is 0.374 e. The third-order valence-electron chi connectivity index (χ3n) is 1.83. The van der Waals surface area contributed by atoms with E-state index in [0.717, 1.165) is 0 Å². The van der Waals surface area contributed by atoms with Crippen LogP contribution >= 0.6 is 23.2 Å². The molecule has 0 unspecified atom stereocenters. The lowest BCUT2D eigenvalue weighted by molar-refractivity contribution is -0.384. The number of nitro benzene ring substituents is 1. The molecular weight excluding hydrogens is 239 g/mol. The number of nitrogens with one attached hydrogen (secondary N) is 1. The zero-order valence-electron chi connectivity index (χ0n) is 7.82. The summed E-state index contributed by atoms with van der Waals surface area (Å²) in [4.78, 5) is 10.2. The third kappa shape index (κ3) is 3.25. The molecule has 1 aromatic rings. The molecule has 1 aromatic carbocycles. The second-order valence-electron chi connectivity index (χ2n) is 2.92. The molecule has 0 amide bonds. The molecular formula is C9H10Cl2N2O2. The fraction of sp³-hybridized carbons (Fsp3) is 0.333. The summed E-state index contributed by atoms with van der Waals surface area (Å²) in [7, 11) is 0. The van der Waals surface area contributed by atoms with Crippen molar-refractivity contribution in [3.63, 3.8) is 0 Å². The van der Waals surface area contributed by atoms with E-state index in [0.29, 0.717) is 17.4 Å². The zero-order chi connectivity index (χ0) is 11.3. The molecule has 0 saturated carbocycles.